The highest BCUT2D eigenvalue weighted by Crippen LogP contribution is 2.34. The highest BCUT2D eigenvalue weighted by molar-refractivity contribution is 5.86. The van der Waals surface area contributed by atoms with E-state index in [0.717, 1.165) is 12.1 Å². The van der Waals surface area contributed by atoms with Crippen LogP contribution < -0.4 is 5.73 Å². The molecule has 0 aliphatic carbocycles. The lowest BCUT2D eigenvalue weighted by atomic mass is 10.0. The lowest BCUT2D eigenvalue weighted by Crippen LogP contribution is -2.05. The van der Waals surface area contributed by atoms with Crippen molar-refractivity contribution >= 4 is 16.9 Å². The van der Waals surface area contributed by atoms with Crippen LogP contribution in [0.15, 0.2) is 48.7 Å². The van der Waals surface area contributed by atoms with Gasteiger partial charge in [-0.25, -0.2) is 4.98 Å². The summed E-state index contributed by atoms with van der Waals surface area (Å²) in [7, 11) is 0. The van der Waals surface area contributed by atoms with Crippen LogP contribution in [-0.2, 0) is 6.18 Å². The third-order valence-electron chi connectivity index (χ3n) is 3.12. The van der Waals surface area contributed by atoms with E-state index in [-0.39, 0.29) is 5.82 Å². The van der Waals surface area contributed by atoms with Crippen molar-refractivity contribution in [2.24, 2.45) is 0 Å². The van der Waals surface area contributed by atoms with Crippen molar-refractivity contribution in [3.63, 3.8) is 0 Å². The molecule has 6 heteroatoms. The van der Waals surface area contributed by atoms with E-state index in [0.29, 0.717) is 22.2 Å². The van der Waals surface area contributed by atoms with Gasteiger partial charge < -0.3 is 5.73 Å². The number of alkyl halides is 3. The smallest absolute Gasteiger partial charge is 0.383 e. The maximum Gasteiger partial charge on any atom is 0.416 e. The third kappa shape index (κ3) is 2.52. The van der Waals surface area contributed by atoms with Gasteiger partial charge in [-0.3, -0.25) is 4.98 Å². The maximum absolute atomic E-state index is 12.8. The van der Waals surface area contributed by atoms with Gasteiger partial charge >= 0.3 is 6.18 Å². The van der Waals surface area contributed by atoms with Gasteiger partial charge in [-0.15, -0.1) is 0 Å². The monoisotopic (exact) mass is 289 g/mol. The van der Waals surface area contributed by atoms with Crippen LogP contribution in [0.1, 0.15) is 5.56 Å². The fourth-order valence-corrected chi connectivity index (χ4v) is 2.11. The van der Waals surface area contributed by atoms with Gasteiger partial charge in [-0.1, -0.05) is 12.1 Å². The molecule has 3 aromatic rings. The molecule has 0 saturated carbocycles. The number of hydrogen-bond donors (Lipinski definition) is 1. The Kier molecular flexibility index (Phi) is 3.01. The quantitative estimate of drug-likeness (QED) is 0.739. The number of aromatic nitrogens is 2. The molecule has 1 aromatic carbocycles. The van der Waals surface area contributed by atoms with Crippen LogP contribution in [0.25, 0.3) is 22.2 Å². The molecule has 2 N–H and O–H groups in total. The van der Waals surface area contributed by atoms with E-state index in [1.807, 2.05) is 0 Å². The second-order valence-corrected chi connectivity index (χ2v) is 4.54. The SMILES string of the molecule is Nc1nc2cccnc2cc1-c1cccc(C(F)(F)F)c1. The fourth-order valence-electron chi connectivity index (χ4n) is 2.11. The number of nitrogen functional groups attached to an aromatic ring is 1. The van der Waals surface area contributed by atoms with Crippen molar-refractivity contribution in [2.75, 3.05) is 5.73 Å². The number of nitrogens with two attached hydrogens (primary N) is 1. The first-order valence-electron chi connectivity index (χ1n) is 6.14. The Balaban J connectivity index is 2.18. The summed E-state index contributed by atoms with van der Waals surface area (Å²) in [6, 6.07) is 10.1. The third-order valence-corrected chi connectivity index (χ3v) is 3.12. The zero-order valence-electron chi connectivity index (χ0n) is 10.7. The Morgan fingerprint density at radius 2 is 1.76 bits per heavy atom. The van der Waals surface area contributed by atoms with E-state index in [1.54, 1.807) is 30.5 Å². The predicted molar refractivity (Wildman–Crippen MR) is 74.4 cm³/mol. The summed E-state index contributed by atoms with van der Waals surface area (Å²) in [6.07, 6.45) is -2.80. The lowest BCUT2D eigenvalue weighted by molar-refractivity contribution is -0.137. The second-order valence-electron chi connectivity index (χ2n) is 4.54. The van der Waals surface area contributed by atoms with Crippen molar-refractivity contribution < 1.29 is 13.2 Å². The molecule has 0 aliphatic rings. The van der Waals surface area contributed by atoms with Crippen LogP contribution >= 0.6 is 0 Å². The minimum Gasteiger partial charge on any atom is -0.383 e. The van der Waals surface area contributed by atoms with Gasteiger partial charge in [0.2, 0.25) is 0 Å². The summed E-state index contributed by atoms with van der Waals surface area (Å²) in [5.74, 6) is 0.176. The molecule has 0 aliphatic heterocycles. The molecule has 0 spiro atoms. The number of nitrogens with zero attached hydrogens (tertiary/aromatic N) is 2. The van der Waals surface area contributed by atoms with E-state index in [4.69, 9.17) is 5.73 Å². The number of anilines is 1. The van der Waals surface area contributed by atoms with E-state index in [2.05, 4.69) is 9.97 Å². The number of halogens is 3. The van der Waals surface area contributed by atoms with Crippen molar-refractivity contribution in [3.05, 3.63) is 54.2 Å². The Morgan fingerprint density at radius 3 is 2.52 bits per heavy atom. The summed E-state index contributed by atoms with van der Waals surface area (Å²) in [5.41, 5.74) is 7.12. The number of pyridine rings is 2. The van der Waals surface area contributed by atoms with Crippen LogP contribution in [0.5, 0.6) is 0 Å². The first-order valence-corrected chi connectivity index (χ1v) is 6.14. The van der Waals surface area contributed by atoms with Gasteiger partial charge in [-0.2, -0.15) is 13.2 Å². The Hall–Kier alpha value is -2.63. The van der Waals surface area contributed by atoms with E-state index in [9.17, 15) is 13.2 Å². The Labute approximate surface area is 118 Å². The molecule has 21 heavy (non-hydrogen) atoms. The van der Waals surface area contributed by atoms with Crippen LogP contribution in [0, 0.1) is 0 Å². The van der Waals surface area contributed by atoms with Gasteiger partial charge in [0.15, 0.2) is 0 Å². The molecule has 0 amide bonds. The fraction of sp³-hybridized carbons (Fsp3) is 0.0667. The number of rotatable bonds is 1. The molecule has 106 valence electrons. The van der Waals surface area contributed by atoms with E-state index < -0.39 is 11.7 Å². The molecule has 0 radical (unpaired) electrons. The van der Waals surface area contributed by atoms with Crippen molar-refractivity contribution in [1.82, 2.24) is 9.97 Å². The largest absolute Gasteiger partial charge is 0.416 e. The average molecular weight is 289 g/mol. The highest BCUT2D eigenvalue weighted by Gasteiger charge is 2.30. The molecule has 0 bridgehead atoms. The highest BCUT2D eigenvalue weighted by atomic mass is 19.4. The number of fused-ring (bicyclic) bond motifs is 1. The molecular weight excluding hydrogens is 279 g/mol. The van der Waals surface area contributed by atoms with Crippen LogP contribution in [0.2, 0.25) is 0 Å². The summed E-state index contributed by atoms with van der Waals surface area (Å²) in [4.78, 5) is 8.32. The van der Waals surface area contributed by atoms with E-state index in [1.165, 1.54) is 6.07 Å². The normalized spacial score (nSPS) is 11.8. The van der Waals surface area contributed by atoms with Gasteiger partial charge in [0.25, 0.3) is 0 Å². The number of benzene rings is 1. The zero-order valence-corrected chi connectivity index (χ0v) is 10.7. The molecule has 0 saturated heterocycles. The maximum atomic E-state index is 12.8. The first-order chi connectivity index (χ1) is 9.95. The molecule has 3 nitrogen and oxygen atoms in total. The number of hydrogen-bond acceptors (Lipinski definition) is 3. The molecule has 0 atom stereocenters. The standard InChI is InChI=1S/C15H10F3N3/c16-15(17,18)10-4-1-3-9(7-10)11-8-13-12(21-14(11)19)5-2-6-20-13/h1-8H,(H2,19,21). The summed E-state index contributed by atoms with van der Waals surface area (Å²) in [6.45, 7) is 0. The molecule has 0 unspecified atom stereocenters. The van der Waals surface area contributed by atoms with Crippen LogP contribution in [0.3, 0.4) is 0 Å². The second kappa shape index (κ2) is 4.73. The zero-order chi connectivity index (χ0) is 15.0. The van der Waals surface area contributed by atoms with Crippen LogP contribution in [0.4, 0.5) is 19.0 Å². The molecular formula is C15H10F3N3. The Morgan fingerprint density at radius 1 is 0.952 bits per heavy atom. The Bertz CT molecular complexity index is 813. The van der Waals surface area contributed by atoms with Gasteiger partial charge in [-0.05, 0) is 35.9 Å². The first kappa shape index (κ1) is 13.4. The average Bonchev–Trinajstić information content (AvgIpc) is 2.46. The lowest BCUT2D eigenvalue weighted by Gasteiger charge is -2.10. The summed E-state index contributed by atoms with van der Waals surface area (Å²) < 4.78 is 38.3. The van der Waals surface area contributed by atoms with Gasteiger partial charge in [0, 0.05) is 11.8 Å². The molecule has 2 aromatic heterocycles. The summed E-state index contributed by atoms with van der Waals surface area (Å²) >= 11 is 0. The van der Waals surface area contributed by atoms with Crippen molar-refractivity contribution in [1.29, 1.82) is 0 Å². The minimum atomic E-state index is -4.40. The summed E-state index contributed by atoms with van der Waals surface area (Å²) in [5, 5.41) is 0. The molecule has 0 fully saturated rings. The van der Waals surface area contributed by atoms with Crippen LogP contribution in [-0.4, -0.2) is 9.97 Å². The predicted octanol–water partition coefficient (Wildman–Crippen LogP) is 3.90. The van der Waals surface area contributed by atoms with Gasteiger partial charge in [0.1, 0.15) is 5.82 Å². The molecule has 2 heterocycles. The van der Waals surface area contributed by atoms with Crippen molar-refractivity contribution in [3.8, 4) is 11.1 Å². The van der Waals surface area contributed by atoms with Crippen molar-refractivity contribution in [2.45, 2.75) is 6.18 Å². The van der Waals surface area contributed by atoms with E-state index >= 15 is 0 Å². The molecule has 3 rings (SSSR count). The van der Waals surface area contributed by atoms with Gasteiger partial charge in [0.05, 0.1) is 16.6 Å². The topological polar surface area (TPSA) is 51.8 Å². The minimum absolute atomic E-state index is 0.176.